The van der Waals surface area contributed by atoms with E-state index in [4.69, 9.17) is 9.47 Å². The molecule has 0 aromatic heterocycles. The molecular formula is C22H29N3O6S. The second-order valence-corrected chi connectivity index (χ2v) is 8.66. The first-order chi connectivity index (χ1) is 15.2. The predicted molar refractivity (Wildman–Crippen MR) is 120 cm³/mol. The standard InChI is InChI=1S/C22H29N3O6S/c1-5-25(6-2)32(28,29)20-14-8-17(9-15-20)22(27)24-23-21(26)16(4)31-19-12-10-18(11-13-19)30-7-3/h8-16H,5-7H2,1-4H3,(H,23,26)(H,24,27). The van der Waals surface area contributed by atoms with Crippen LogP contribution in [0.1, 0.15) is 38.1 Å². The van der Waals surface area contributed by atoms with Gasteiger partial charge in [-0.1, -0.05) is 13.8 Å². The maximum absolute atomic E-state index is 12.5. The average molecular weight is 464 g/mol. The van der Waals surface area contributed by atoms with E-state index in [-0.39, 0.29) is 10.5 Å². The van der Waals surface area contributed by atoms with Gasteiger partial charge in [0.1, 0.15) is 11.5 Å². The molecule has 0 aliphatic carbocycles. The molecule has 1 unspecified atom stereocenters. The molecule has 2 amide bonds. The van der Waals surface area contributed by atoms with Gasteiger partial charge in [-0.05, 0) is 62.4 Å². The summed E-state index contributed by atoms with van der Waals surface area (Å²) in [7, 11) is -3.61. The molecule has 1 atom stereocenters. The van der Waals surface area contributed by atoms with Gasteiger partial charge >= 0.3 is 0 Å². The Balaban J connectivity index is 1.91. The van der Waals surface area contributed by atoms with E-state index in [1.807, 2.05) is 6.92 Å². The molecule has 0 aliphatic rings. The molecule has 0 fully saturated rings. The molecule has 2 aromatic rings. The van der Waals surface area contributed by atoms with Gasteiger partial charge in [-0.2, -0.15) is 4.31 Å². The van der Waals surface area contributed by atoms with E-state index in [1.165, 1.54) is 28.6 Å². The number of carbonyl (C=O) groups excluding carboxylic acids is 2. The van der Waals surface area contributed by atoms with Crippen molar-refractivity contribution < 1.29 is 27.5 Å². The summed E-state index contributed by atoms with van der Waals surface area (Å²) in [4.78, 5) is 24.6. The van der Waals surface area contributed by atoms with Crippen LogP contribution in [0, 0.1) is 0 Å². The summed E-state index contributed by atoms with van der Waals surface area (Å²) in [6.07, 6.45) is -0.866. The number of nitrogens with one attached hydrogen (secondary N) is 2. The van der Waals surface area contributed by atoms with E-state index >= 15 is 0 Å². The van der Waals surface area contributed by atoms with Gasteiger partial charge in [0.25, 0.3) is 11.8 Å². The number of benzene rings is 2. The normalized spacial score (nSPS) is 12.2. The predicted octanol–water partition coefficient (Wildman–Crippen LogP) is 2.34. The van der Waals surface area contributed by atoms with E-state index in [0.717, 1.165) is 0 Å². The number of carbonyl (C=O) groups is 2. The number of hydrogen-bond donors (Lipinski definition) is 2. The lowest BCUT2D eigenvalue weighted by atomic mass is 10.2. The number of sulfonamides is 1. The van der Waals surface area contributed by atoms with Gasteiger partial charge in [-0.25, -0.2) is 8.42 Å². The number of hydrazine groups is 1. The second-order valence-electron chi connectivity index (χ2n) is 6.72. The Hall–Kier alpha value is -3.11. The van der Waals surface area contributed by atoms with Gasteiger partial charge in [-0.15, -0.1) is 0 Å². The quantitative estimate of drug-likeness (QED) is 0.523. The van der Waals surface area contributed by atoms with Gasteiger partial charge in [0.05, 0.1) is 11.5 Å². The molecular weight excluding hydrogens is 434 g/mol. The molecule has 10 heteroatoms. The van der Waals surface area contributed by atoms with Crippen molar-refractivity contribution in [2.75, 3.05) is 19.7 Å². The SMILES string of the molecule is CCOc1ccc(OC(C)C(=O)NNC(=O)c2ccc(S(=O)(=O)N(CC)CC)cc2)cc1. The smallest absolute Gasteiger partial charge is 0.279 e. The van der Waals surface area contributed by atoms with Crippen LogP contribution in [-0.4, -0.2) is 50.3 Å². The van der Waals surface area contributed by atoms with Crippen LogP contribution < -0.4 is 20.3 Å². The minimum atomic E-state index is -3.61. The highest BCUT2D eigenvalue weighted by molar-refractivity contribution is 7.89. The van der Waals surface area contributed by atoms with Crippen molar-refractivity contribution >= 4 is 21.8 Å². The van der Waals surface area contributed by atoms with Crippen LogP contribution in [0.3, 0.4) is 0 Å². The molecule has 0 aliphatic heterocycles. The minimum Gasteiger partial charge on any atom is -0.494 e. The molecule has 174 valence electrons. The lowest BCUT2D eigenvalue weighted by Crippen LogP contribution is -2.47. The molecule has 2 rings (SSSR count). The molecule has 0 saturated carbocycles. The molecule has 2 aromatic carbocycles. The highest BCUT2D eigenvalue weighted by atomic mass is 32.2. The molecule has 2 N–H and O–H groups in total. The van der Waals surface area contributed by atoms with Crippen molar-refractivity contribution in [2.24, 2.45) is 0 Å². The van der Waals surface area contributed by atoms with Gasteiger partial charge in [0, 0.05) is 18.7 Å². The zero-order valence-electron chi connectivity index (χ0n) is 18.6. The van der Waals surface area contributed by atoms with Crippen molar-refractivity contribution in [1.82, 2.24) is 15.2 Å². The monoisotopic (exact) mass is 463 g/mol. The summed E-state index contributed by atoms with van der Waals surface area (Å²) in [5.41, 5.74) is 4.79. The third-order valence-corrected chi connectivity index (χ3v) is 6.64. The zero-order valence-corrected chi connectivity index (χ0v) is 19.4. The highest BCUT2D eigenvalue weighted by Crippen LogP contribution is 2.19. The zero-order chi connectivity index (χ0) is 23.7. The molecule has 0 saturated heterocycles. The first-order valence-corrected chi connectivity index (χ1v) is 11.8. The van der Waals surface area contributed by atoms with E-state index in [1.54, 1.807) is 45.0 Å². The van der Waals surface area contributed by atoms with Gasteiger partial charge in [-0.3, -0.25) is 20.4 Å². The largest absolute Gasteiger partial charge is 0.494 e. The maximum atomic E-state index is 12.5. The van der Waals surface area contributed by atoms with Crippen LogP contribution in [0.15, 0.2) is 53.4 Å². The van der Waals surface area contributed by atoms with Crippen LogP contribution in [-0.2, 0) is 14.8 Å². The summed E-state index contributed by atoms with van der Waals surface area (Å²) in [6.45, 7) is 8.19. The van der Waals surface area contributed by atoms with Crippen LogP contribution in [0.2, 0.25) is 0 Å². The van der Waals surface area contributed by atoms with Crippen LogP contribution in [0.5, 0.6) is 11.5 Å². The fraction of sp³-hybridized carbons (Fsp3) is 0.364. The number of ether oxygens (including phenoxy) is 2. The van der Waals surface area contributed by atoms with E-state index in [9.17, 15) is 18.0 Å². The molecule has 0 bridgehead atoms. The number of hydrogen-bond acceptors (Lipinski definition) is 6. The first kappa shape index (κ1) is 25.2. The summed E-state index contributed by atoms with van der Waals surface area (Å²) in [6, 6.07) is 12.3. The lowest BCUT2D eigenvalue weighted by Gasteiger charge is -2.18. The summed E-state index contributed by atoms with van der Waals surface area (Å²) in [5, 5.41) is 0. The Morgan fingerprint density at radius 2 is 1.47 bits per heavy atom. The number of nitrogens with zero attached hydrogens (tertiary/aromatic N) is 1. The molecule has 0 heterocycles. The highest BCUT2D eigenvalue weighted by Gasteiger charge is 2.22. The summed E-state index contributed by atoms with van der Waals surface area (Å²) < 4.78 is 37.3. The Morgan fingerprint density at radius 3 is 2.00 bits per heavy atom. The van der Waals surface area contributed by atoms with Crippen LogP contribution in [0.25, 0.3) is 0 Å². The third kappa shape index (κ3) is 6.44. The van der Waals surface area contributed by atoms with E-state index < -0.39 is 27.9 Å². The van der Waals surface area contributed by atoms with Crippen molar-refractivity contribution in [3.05, 3.63) is 54.1 Å². The van der Waals surface area contributed by atoms with Gasteiger partial charge < -0.3 is 9.47 Å². The average Bonchev–Trinajstić information content (AvgIpc) is 2.79. The number of amides is 2. The minimum absolute atomic E-state index is 0.0964. The summed E-state index contributed by atoms with van der Waals surface area (Å²) in [5.74, 6) is 0.0407. The van der Waals surface area contributed by atoms with Crippen LogP contribution >= 0.6 is 0 Å². The number of rotatable bonds is 10. The topological polar surface area (TPSA) is 114 Å². The van der Waals surface area contributed by atoms with Crippen molar-refractivity contribution in [3.8, 4) is 11.5 Å². The molecule has 0 spiro atoms. The Kier molecular flexibility index (Phi) is 9.03. The van der Waals surface area contributed by atoms with Gasteiger partial charge in [0.2, 0.25) is 10.0 Å². The first-order valence-electron chi connectivity index (χ1n) is 10.3. The molecule has 32 heavy (non-hydrogen) atoms. The van der Waals surface area contributed by atoms with Crippen molar-refractivity contribution in [3.63, 3.8) is 0 Å². The fourth-order valence-corrected chi connectivity index (χ4v) is 4.28. The Morgan fingerprint density at radius 1 is 0.906 bits per heavy atom. The summed E-state index contributed by atoms with van der Waals surface area (Å²) >= 11 is 0. The Labute approximate surface area is 188 Å². The van der Waals surface area contributed by atoms with E-state index in [2.05, 4.69) is 10.9 Å². The third-order valence-electron chi connectivity index (χ3n) is 4.58. The molecule has 0 radical (unpaired) electrons. The van der Waals surface area contributed by atoms with Crippen LogP contribution in [0.4, 0.5) is 0 Å². The van der Waals surface area contributed by atoms with Crippen molar-refractivity contribution in [1.29, 1.82) is 0 Å². The fourth-order valence-electron chi connectivity index (χ4n) is 2.82. The maximum Gasteiger partial charge on any atom is 0.279 e. The Bertz CT molecular complexity index is 1000. The second kappa shape index (κ2) is 11.5. The van der Waals surface area contributed by atoms with Gasteiger partial charge in [0.15, 0.2) is 6.10 Å². The molecule has 9 nitrogen and oxygen atoms in total. The lowest BCUT2D eigenvalue weighted by molar-refractivity contribution is -0.128. The van der Waals surface area contributed by atoms with Crippen molar-refractivity contribution in [2.45, 2.75) is 38.7 Å². The van der Waals surface area contributed by atoms with E-state index in [0.29, 0.717) is 31.2 Å².